The van der Waals surface area contributed by atoms with Crippen molar-refractivity contribution in [1.29, 1.82) is 0 Å². The molecule has 0 radical (unpaired) electrons. The fourth-order valence-corrected chi connectivity index (χ4v) is 3.64. The van der Waals surface area contributed by atoms with Crippen molar-refractivity contribution in [3.05, 3.63) is 52.6 Å². The molecule has 0 spiro atoms. The van der Waals surface area contributed by atoms with Crippen LogP contribution in [0.25, 0.3) is 0 Å². The summed E-state index contributed by atoms with van der Waals surface area (Å²) in [7, 11) is -6.43. The molecule has 2 aromatic rings. The van der Waals surface area contributed by atoms with Gasteiger partial charge >= 0.3 is 0 Å². The number of methoxy groups -OCH3 is 1. The van der Waals surface area contributed by atoms with E-state index in [9.17, 15) is 26.9 Å². The van der Waals surface area contributed by atoms with Gasteiger partial charge in [-0.3, -0.25) is 19.6 Å². The molecule has 2 N–H and O–H groups in total. The SMILES string of the molecule is COc1ccc(NS(=O)(=O)c2ccc(NS(C)(=O)=O)c([N+](=O)[O-])c2)cc1. The summed E-state index contributed by atoms with van der Waals surface area (Å²) in [6, 6.07) is 8.86. The first-order valence-corrected chi connectivity index (χ1v) is 10.3. The normalized spacial score (nSPS) is 11.6. The lowest BCUT2D eigenvalue weighted by Gasteiger charge is -2.10. The summed E-state index contributed by atoms with van der Waals surface area (Å²) in [6.45, 7) is 0. The number of rotatable bonds is 7. The molecule has 0 fully saturated rings. The zero-order valence-electron chi connectivity index (χ0n) is 13.7. The zero-order valence-corrected chi connectivity index (χ0v) is 15.3. The standard InChI is InChI=1S/C14H15N3O7S2/c1-24-11-5-3-10(4-6-11)15-26(22,23)12-7-8-13(16-25(2,20)21)14(9-12)17(18)19/h3-9,15-16H,1-2H3. The Bertz CT molecular complexity index is 1030. The van der Waals surface area contributed by atoms with Gasteiger partial charge in [-0.15, -0.1) is 0 Å². The summed E-state index contributed by atoms with van der Waals surface area (Å²) >= 11 is 0. The Morgan fingerprint density at radius 2 is 1.62 bits per heavy atom. The van der Waals surface area contributed by atoms with E-state index in [1.807, 2.05) is 4.72 Å². The van der Waals surface area contributed by atoms with Gasteiger partial charge in [0.2, 0.25) is 10.0 Å². The Labute approximate surface area is 150 Å². The van der Waals surface area contributed by atoms with Gasteiger partial charge in [-0.1, -0.05) is 0 Å². The summed E-state index contributed by atoms with van der Waals surface area (Å²) in [5.41, 5.74) is -0.791. The molecule has 0 aromatic heterocycles. The van der Waals surface area contributed by atoms with Crippen LogP contribution in [0.5, 0.6) is 5.75 Å². The van der Waals surface area contributed by atoms with Crippen LogP contribution in [0.1, 0.15) is 0 Å². The van der Waals surface area contributed by atoms with Crippen molar-refractivity contribution in [1.82, 2.24) is 0 Å². The Morgan fingerprint density at radius 1 is 1.00 bits per heavy atom. The maximum absolute atomic E-state index is 12.4. The van der Waals surface area contributed by atoms with E-state index in [4.69, 9.17) is 4.74 Å². The van der Waals surface area contributed by atoms with E-state index in [2.05, 4.69) is 4.72 Å². The molecular formula is C14H15N3O7S2. The second-order valence-electron chi connectivity index (χ2n) is 5.14. The van der Waals surface area contributed by atoms with Gasteiger partial charge in [-0.2, -0.15) is 0 Å². The Morgan fingerprint density at radius 3 is 2.12 bits per heavy atom. The van der Waals surface area contributed by atoms with Crippen LogP contribution >= 0.6 is 0 Å². The smallest absolute Gasteiger partial charge is 0.294 e. The zero-order chi connectivity index (χ0) is 19.5. The van der Waals surface area contributed by atoms with E-state index >= 15 is 0 Å². The summed E-state index contributed by atoms with van der Waals surface area (Å²) in [5.74, 6) is 0.528. The van der Waals surface area contributed by atoms with Gasteiger partial charge < -0.3 is 4.74 Å². The molecule has 12 heteroatoms. The van der Waals surface area contributed by atoms with E-state index in [0.29, 0.717) is 5.75 Å². The highest BCUT2D eigenvalue weighted by Gasteiger charge is 2.23. The van der Waals surface area contributed by atoms with Crippen LogP contribution in [0.15, 0.2) is 47.4 Å². The minimum absolute atomic E-state index is 0.229. The quantitative estimate of drug-likeness (QED) is 0.531. The van der Waals surface area contributed by atoms with Gasteiger partial charge in [-0.05, 0) is 36.4 Å². The molecule has 140 valence electrons. The Balaban J connectivity index is 2.39. The molecule has 10 nitrogen and oxygen atoms in total. The number of anilines is 2. The molecule has 0 unspecified atom stereocenters. The molecule has 0 heterocycles. The minimum Gasteiger partial charge on any atom is -0.497 e. The molecule has 2 rings (SSSR count). The first-order valence-electron chi connectivity index (χ1n) is 6.95. The number of sulfonamides is 2. The van der Waals surface area contributed by atoms with Gasteiger partial charge in [0.15, 0.2) is 0 Å². The summed E-state index contributed by atoms with van der Waals surface area (Å²) in [6.07, 6.45) is 0.826. The van der Waals surface area contributed by atoms with Gasteiger partial charge in [-0.25, -0.2) is 16.8 Å². The average Bonchev–Trinajstić information content (AvgIpc) is 2.53. The van der Waals surface area contributed by atoms with E-state index < -0.39 is 30.7 Å². The predicted molar refractivity (Wildman–Crippen MR) is 95.4 cm³/mol. The van der Waals surface area contributed by atoms with Crippen LogP contribution < -0.4 is 14.2 Å². The van der Waals surface area contributed by atoms with E-state index in [0.717, 1.165) is 24.5 Å². The fourth-order valence-electron chi connectivity index (χ4n) is 1.99. The number of nitro groups is 1. The summed E-state index contributed by atoms with van der Waals surface area (Å²) < 4.78 is 56.6. The molecule has 0 atom stereocenters. The summed E-state index contributed by atoms with van der Waals surface area (Å²) in [5, 5.41) is 11.2. The first-order chi connectivity index (χ1) is 12.0. The Kier molecular flexibility index (Phi) is 5.37. The number of nitrogens with one attached hydrogen (secondary N) is 2. The monoisotopic (exact) mass is 401 g/mol. The minimum atomic E-state index is -4.12. The lowest BCUT2D eigenvalue weighted by molar-refractivity contribution is -0.384. The fraction of sp³-hybridized carbons (Fsp3) is 0.143. The highest BCUT2D eigenvalue weighted by atomic mass is 32.2. The number of hydrogen-bond donors (Lipinski definition) is 2. The molecule has 0 aliphatic rings. The van der Waals surface area contributed by atoms with Crippen molar-refractivity contribution in [3.8, 4) is 5.75 Å². The molecule has 0 saturated heterocycles. The number of hydrogen-bond acceptors (Lipinski definition) is 7. The van der Waals surface area contributed by atoms with Crippen LogP contribution in [0, 0.1) is 10.1 Å². The van der Waals surface area contributed by atoms with Gasteiger partial charge in [0, 0.05) is 11.8 Å². The van der Waals surface area contributed by atoms with Crippen molar-refractivity contribution in [2.75, 3.05) is 22.8 Å². The van der Waals surface area contributed by atoms with Gasteiger partial charge in [0.05, 0.1) is 23.2 Å². The molecule has 26 heavy (non-hydrogen) atoms. The molecule has 0 amide bonds. The van der Waals surface area contributed by atoms with Crippen LogP contribution in [0.3, 0.4) is 0 Å². The topological polar surface area (TPSA) is 145 Å². The molecule has 0 aliphatic carbocycles. The Hall–Kier alpha value is -2.86. The highest BCUT2D eigenvalue weighted by molar-refractivity contribution is 7.92. The van der Waals surface area contributed by atoms with Crippen LogP contribution in [-0.2, 0) is 20.0 Å². The molecule has 2 aromatic carbocycles. The van der Waals surface area contributed by atoms with Crippen molar-refractivity contribution in [2.24, 2.45) is 0 Å². The lowest BCUT2D eigenvalue weighted by atomic mass is 10.3. The van der Waals surface area contributed by atoms with Crippen LogP contribution in [0.2, 0.25) is 0 Å². The number of ether oxygens (including phenoxy) is 1. The third-order valence-corrected chi connectivity index (χ3v) is 5.08. The van der Waals surface area contributed by atoms with Crippen molar-refractivity contribution in [3.63, 3.8) is 0 Å². The lowest BCUT2D eigenvalue weighted by Crippen LogP contribution is -2.15. The van der Waals surface area contributed by atoms with Crippen molar-refractivity contribution in [2.45, 2.75) is 4.90 Å². The number of nitro benzene ring substituents is 1. The van der Waals surface area contributed by atoms with Crippen LogP contribution in [-0.4, -0.2) is 35.1 Å². The molecule has 0 bridgehead atoms. The largest absolute Gasteiger partial charge is 0.497 e. The molecule has 0 aliphatic heterocycles. The second kappa shape index (κ2) is 7.17. The van der Waals surface area contributed by atoms with E-state index in [1.54, 1.807) is 12.1 Å². The van der Waals surface area contributed by atoms with E-state index in [1.165, 1.54) is 19.2 Å². The average molecular weight is 401 g/mol. The summed E-state index contributed by atoms with van der Waals surface area (Å²) in [4.78, 5) is 9.89. The maximum atomic E-state index is 12.4. The molecular weight excluding hydrogens is 386 g/mol. The number of nitrogens with zero attached hydrogens (tertiary/aromatic N) is 1. The van der Waals surface area contributed by atoms with Crippen LogP contribution in [0.4, 0.5) is 17.1 Å². The third kappa shape index (κ3) is 4.83. The van der Waals surface area contributed by atoms with E-state index in [-0.39, 0.29) is 16.3 Å². The second-order valence-corrected chi connectivity index (χ2v) is 8.58. The highest BCUT2D eigenvalue weighted by Crippen LogP contribution is 2.29. The first kappa shape index (κ1) is 19.5. The van der Waals surface area contributed by atoms with Gasteiger partial charge in [0.25, 0.3) is 15.7 Å². The number of benzene rings is 2. The predicted octanol–water partition coefficient (Wildman–Crippen LogP) is 1.78. The van der Waals surface area contributed by atoms with Gasteiger partial charge in [0.1, 0.15) is 11.4 Å². The third-order valence-electron chi connectivity index (χ3n) is 3.11. The van der Waals surface area contributed by atoms with Crippen molar-refractivity contribution < 1.29 is 26.5 Å². The van der Waals surface area contributed by atoms with Crippen molar-refractivity contribution >= 4 is 37.1 Å². The molecule has 0 saturated carbocycles. The maximum Gasteiger partial charge on any atom is 0.294 e.